The summed E-state index contributed by atoms with van der Waals surface area (Å²) in [5, 5.41) is 33.2. The van der Waals surface area contributed by atoms with E-state index in [4.69, 9.17) is 18.9 Å². The van der Waals surface area contributed by atoms with Crippen molar-refractivity contribution in [1.82, 2.24) is 10.2 Å². The number of nitrogens with zero attached hydrogens (tertiary/aromatic N) is 1. The molecule has 2 amide bonds. The Bertz CT molecular complexity index is 1240. The number of hydrogen-bond donors (Lipinski definition) is 4. The lowest BCUT2D eigenvalue weighted by Crippen LogP contribution is -2.55. The van der Waals surface area contributed by atoms with E-state index in [-0.39, 0.29) is 51.7 Å². The number of carbonyl (C=O) groups is 2. The van der Waals surface area contributed by atoms with Gasteiger partial charge < -0.3 is 44.5 Å². The van der Waals surface area contributed by atoms with Gasteiger partial charge in [0.05, 0.1) is 50.1 Å². The molecule has 0 saturated carbocycles. The van der Waals surface area contributed by atoms with Gasteiger partial charge in [0.1, 0.15) is 18.0 Å². The Morgan fingerprint density at radius 1 is 1.10 bits per heavy atom. The van der Waals surface area contributed by atoms with E-state index in [1.807, 2.05) is 24.3 Å². The molecule has 230 valence electrons. The topological polar surface area (TPSA) is 147 Å². The zero-order chi connectivity index (χ0) is 30.6. The second-order valence-electron chi connectivity index (χ2n) is 9.67. The number of methoxy groups -OCH3 is 3. The number of nitrogens with one attached hydrogen (secondary N) is 1. The molecule has 0 bridgehead atoms. The Balaban J connectivity index is 2.00. The van der Waals surface area contributed by atoms with Gasteiger partial charge in [0.25, 0.3) is 0 Å². The first-order valence-corrected chi connectivity index (χ1v) is 14.7. The third-order valence-corrected chi connectivity index (χ3v) is 7.80. The van der Waals surface area contributed by atoms with Crippen molar-refractivity contribution in [2.24, 2.45) is 0 Å². The van der Waals surface area contributed by atoms with Crippen LogP contribution in [-0.2, 0) is 27.4 Å². The van der Waals surface area contributed by atoms with Crippen molar-refractivity contribution in [3.05, 3.63) is 62.7 Å². The van der Waals surface area contributed by atoms with Crippen LogP contribution in [0.2, 0.25) is 0 Å². The van der Waals surface area contributed by atoms with Crippen molar-refractivity contribution in [3.63, 3.8) is 0 Å². The molecule has 11 nitrogen and oxygen atoms in total. The van der Waals surface area contributed by atoms with Gasteiger partial charge in [0.15, 0.2) is 11.5 Å². The van der Waals surface area contributed by atoms with Crippen LogP contribution in [0.4, 0.5) is 0 Å². The molecule has 0 saturated heterocycles. The summed E-state index contributed by atoms with van der Waals surface area (Å²) < 4.78 is 23.1. The Kier molecular flexibility index (Phi) is 13.3. The fraction of sp³-hybridized carbons (Fsp3) is 0.467. The second-order valence-corrected chi connectivity index (χ2v) is 10.8. The van der Waals surface area contributed by atoms with E-state index >= 15 is 0 Å². The Labute approximate surface area is 259 Å². The SMILES string of the molecule is COCCC(=O)N(CCc1ccccc1OC)[C@@H]1CC(C(=O)NCCO)=C[C@H](Oc2c(I)cc(CO)cc2OC)[C@H]1O. The number of para-hydroxylation sites is 1. The molecule has 2 aromatic carbocycles. The van der Waals surface area contributed by atoms with Crippen molar-refractivity contribution in [2.45, 2.75) is 44.1 Å². The average molecular weight is 699 g/mol. The maximum Gasteiger partial charge on any atom is 0.247 e. The zero-order valence-corrected chi connectivity index (χ0v) is 26.2. The highest BCUT2D eigenvalue weighted by Gasteiger charge is 2.40. The minimum atomic E-state index is -1.21. The van der Waals surface area contributed by atoms with Crippen LogP contribution in [0, 0.1) is 3.57 Å². The summed E-state index contributed by atoms with van der Waals surface area (Å²) >= 11 is 2.05. The number of rotatable bonds is 15. The van der Waals surface area contributed by atoms with Gasteiger partial charge in [-0.1, -0.05) is 18.2 Å². The maximum absolute atomic E-state index is 13.5. The molecule has 0 unspecified atom stereocenters. The molecule has 1 aliphatic rings. The summed E-state index contributed by atoms with van der Waals surface area (Å²) in [4.78, 5) is 28.2. The number of aliphatic hydroxyl groups excluding tert-OH is 3. The van der Waals surface area contributed by atoms with E-state index in [1.54, 1.807) is 30.2 Å². The highest BCUT2D eigenvalue weighted by Crippen LogP contribution is 2.37. The first kappa shape index (κ1) is 33.6. The lowest BCUT2D eigenvalue weighted by atomic mass is 9.87. The highest BCUT2D eigenvalue weighted by atomic mass is 127. The third-order valence-electron chi connectivity index (χ3n) is 7.00. The summed E-state index contributed by atoms with van der Waals surface area (Å²) in [5.74, 6) is 0.692. The minimum Gasteiger partial charge on any atom is -0.496 e. The van der Waals surface area contributed by atoms with Gasteiger partial charge in [-0.2, -0.15) is 0 Å². The van der Waals surface area contributed by atoms with Crippen molar-refractivity contribution in [2.75, 3.05) is 47.6 Å². The number of amides is 2. The van der Waals surface area contributed by atoms with Gasteiger partial charge in [0.2, 0.25) is 11.8 Å². The fourth-order valence-electron chi connectivity index (χ4n) is 4.85. The lowest BCUT2D eigenvalue weighted by Gasteiger charge is -2.41. The molecule has 0 radical (unpaired) electrons. The normalized spacial score (nSPS) is 18.2. The van der Waals surface area contributed by atoms with E-state index in [1.165, 1.54) is 14.2 Å². The molecular weight excluding hydrogens is 659 g/mol. The summed E-state index contributed by atoms with van der Waals surface area (Å²) in [6, 6.07) is 10.1. The molecule has 4 N–H and O–H groups in total. The highest BCUT2D eigenvalue weighted by molar-refractivity contribution is 14.1. The first-order valence-electron chi connectivity index (χ1n) is 13.6. The number of halogens is 1. The Hall–Kier alpha value is -2.91. The third kappa shape index (κ3) is 8.57. The van der Waals surface area contributed by atoms with E-state index in [0.29, 0.717) is 38.4 Å². The van der Waals surface area contributed by atoms with Gasteiger partial charge in [-0.15, -0.1) is 0 Å². The molecule has 3 atom stereocenters. The van der Waals surface area contributed by atoms with Gasteiger partial charge in [-0.3, -0.25) is 9.59 Å². The van der Waals surface area contributed by atoms with Crippen LogP contribution in [0.25, 0.3) is 0 Å². The van der Waals surface area contributed by atoms with Crippen molar-refractivity contribution in [1.29, 1.82) is 0 Å². The molecule has 0 spiro atoms. The zero-order valence-electron chi connectivity index (χ0n) is 24.0. The molecule has 1 aliphatic carbocycles. The number of benzene rings is 2. The molecule has 0 fully saturated rings. The quantitative estimate of drug-likeness (QED) is 0.205. The van der Waals surface area contributed by atoms with E-state index in [9.17, 15) is 24.9 Å². The van der Waals surface area contributed by atoms with Gasteiger partial charge in [0, 0.05) is 32.2 Å². The number of ether oxygens (including phenoxy) is 4. The summed E-state index contributed by atoms with van der Waals surface area (Å²) in [6.45, 7) is 0.0558. The molecule has 42 heavy (non-hydrogen) atoms. The van der Waals surface area contributed by atoms with E-state index in [2.05, 4.69) is 27.9 Å². The predicted octanol–water partition coefficient (Wildman–Crippen LogP) is 1.82. The molecule has 0 aromatic heterocycles. The Morgan fingerprint density at radius 3 is 2.50 bits per heavy atom. The summed E-state index contributed by atoms with van der Waals surface area (Å²) in [6.07, 6.45) is -0.0863. The monoisotopic (exact) mass is 698 g/mol. The van der Waals surface area contributed by atoms with Crippen LogP contribution in [0.1, 0.15) is 24.0 Å². The largest absolute Gasteiger partial charge is 0.496 e. The second kappa shape index (κ2) is 16.7. The molecule has 0 aliphatic heterocycles. The Morgan fingerprint density at radius 2 is 1.83 bits per heavy atom. The van der Waals surface area contributed by atoms with Crippen LogP contribution < -0.4 is 19.5 Å². The first-order chi connectivity index (χ1) is 20.3. The van der Waals surface area contributed by atoms with E-state index in [0.717, 1.165) is 5.56 Å². The van der Waals surface area contributed by atoms with Crippen LogP contribution in [-0.4, -0.2) is 97.9 Å². The van der Waals surface area contributed by atoms with Crippen molar-refractivity contribution in [3.8, 4) is 17.2 Å². The molecule has 3 rings (SSSR count). The van der Waals surface area contributed by atoms with E-state index < -0.39 is 24.2 Å². The average Bonchev–Trinajstić information content (AvgIpc) is 3.00. The summed E-state index contributed by atoms with van der Waals surface area (Å²) in [7, 11) is 4.56. The number of aliphatic hydroxyl groups is 3. The van der Waals surface area contributed by atoms with Crippen molar-refractivity contribution < 1.29 is 43.9 Å². The van der Waals surface area contributed by atoms with Crippen LogP contribution in [0.5, 0.6) is 17.2 Å². The molecule has 12 heteroatoms. The number of hydrogen-bond acceptors (Lipinski definition) is 9. The maximum atomic E-state index is 13.5. The van der Waals surface area contributed by atoms with Gasteiger partial charge in [-0.05, 0) is 64.4 Å². The standard InChI is InChI=1S/C30H39IN2O9/c1-39-13-9-27(36)33(11-8-20-6-4-5-7-24(20)40-2)23-16-21(30(38)32-10-12-34)17-25(28(23)37)42-29-22(31)14-19(18-35)15-26(29)41-3/h4-7,14-15,17,23,25,28,34-35,37H,8-13,16,18H2,1-3H3,(H,32,38)/t23-,25+,28+/m1/s1. The van der Waals surface area contributed by atoms with Gasteiger partial charge >= 0.3 is 0 Å². The van der Waals surface area contributed by atoms with Crippen molar-refractivity contribution >= 4 is 34.4 Å². The van der Waals surface area contributed by atoms with Crippen LogP contribution >= 0.6 is 22.6 Å². The molecular formula is C30H39IN2O9. The number of carbonyl (C=O) groups excluding carboxylic acids is 2. The van der Waals surface area contributed by atoms with Gasteiger partial charge in [-0.25, -0.2) is 0 Å². The molecule has 2 aromatic rings. The molecule has 0 heterocycles. The smallest absolute Gasteiger partial charge is 0.247 e. The van der Waals surface area contributed by atoms with Crippen LogP contribution in [0.3, 0.4) is 0 Å². The lowest BCUT2D eigenvalue weighted by molar-refractivity contribution is -0.139. The summed E-state index contributed by atoms with van der Waals surface area (Å²) in [5.41, 5.74) is 1.82. The predicted molar refractivity (Wildman–Crippen MR) is 164 cm³/mol. The fourth-order valence-corrected chi connectivity index (χ4v) is 5.65. The van der Waals surface area contributed by atoms with Crippen LogP contribution in [0.15, 0.2) is 48.0 Å². The minimum absolute atomic E-state index is 0.0492.